The van der Waals surface area contributed by atoms with Crippen LogP contribution in [0, 0.1) is 5.82 Å². The number of ether oxygens (including phenoxy) is 2. The van der Waals surface area contributed by atoms with Gasteiger partial charge in [0.05, 0.1) is 26.4 Å². The summed E-state index contributed by atoms with van der Waals surface area (Å²) < 4.78 is 23.3. The van der Waals surface area contributed by atoms with E-state index in [1.165, 1.54) is 6.07 Å². The van der Waals surface area contributed by atoms with Crippen molar-refractivity contribution in [2.75, 3.05) is 46.6 Å². The van der Waals surface area contributed by atoms with Crippen molar-refractivity contribution in [2.45, 2.75) is 13.3 Å². The van der Waals surface area contributed by atoms with Crippen LogP contribution in [0.4, 0.5) is 4.39 Å². The Morgan fingerprint density at radius 3 is 2.82 bits per heavy atom. The van der Waals surface area contributed by atoms with Crippen molar-refractivity contribution in [1.82, 2.24) is 10.6 Å². The molecule has 0 spiro atoms. The van der Waals surface area contributed by atoms with E-state index in [0.717, 1.165) is 24.5 Å². The number of hydrogen-bond donors (Lipinski definition) is 2. The molecule has 0 atom stereocenters. The maximum atomic E-state index is 13.1. The van der Waals surface area contributed by atoms with Gasteiger partial charge in [0.15, 0.2) is 5.96 Å². The maximum absolute atomic E-state index is 13.1. The van der Waals surface area contributed by atoms with Gasteiger partial charge in [-0.1, -0.05) is 12.1 Å². The van der Waals surface area contributed by atoms with Crippen molar-refractivity contribution in [3.63, 3.8) is 0 Å². The van der Waals surface area contributed by atoms with Gasteiger partial charge >= 0.3 is 0 Å². The second-order valence-corrected chi connectivity index (χ2v) is 4.67. The van der Waals surface area contributed by atoms with Crippen molar-refractivity contribution >= 4 is 5.96 Å². The maximum Gasteiger partial charge on any atom is 0.191 e. The molecule has 1 aromatic rings. The lowest BCUT2D eigenvalue weighted by Gasteiger charge is -2.11. The first-order valence-electron chi connectivity index (χ1n) is 7.59. The molecule has 1 rings (SSSR count). The number of aliphatic imine (C=N–C) groups is 1. The van der Waals surface area contributed by atoms with Crippen LogP contribution in [0.2, 0.25) is 0 Å². The Bertz CT molecular complexity index is 441. The van der Waals surface area contributed by atoms with E-state index >= 15 is 0 Å². The number of rotatable bonds is 10. The topological polar surface area (TPSA) is 54.9 Å². The standard InChI is InChI=1S/C16H26FN3O2/c1-3-18-16(20-9-10-22-12-11-21-2)19-8-7-14-5-4-6-15(17)13-14/h4-6,13H,3,7-12H2,1-2H3,(H2,18,19,20). The summed E-state index contributed by atoms with van der Waals surface area (Å²) in [5, 5.41) is 6.39. The fourth-order valence-corrected chi connectivity index (χ4v) is 1.83. The van der Waals surface area contributed by atoms with E-state index in [0.29, 0.717) is 32.9 Å². The summed E-state index contributed by atoms with van der Waals surface area (Å²) in [4.78, 5) is 4.41. The summed E-state index contributed by atoms with van der Waals surface area (Å²) in [5.74, 6) is 0.542. The van der Waals surface area contributed by atoms with Crippen molar-refractivity contribution in [3.8, 4) is 0 Å². The van der Waals surface area contributed by atoms with Gasteiger partial charge in [-0.25, -0.2) is 4.39 Å². The third-order valence-electron chi connectivity index (χ3n) is 2.88. The SMILES string of the molecule is CCNC(=NCCOCCOC)NCCc1cccc(F)c1. The summed E-state index contributed by atoms with van der Waals surface area (Å²) >= 11 is 0. The van der Waals surface area contributed by atoms with Crippen LogP contribution >= 0.6 is 0 Å². The molecule has 0 aromatic heterocycles. The Hall–Kier alpha value is -1.66. The van der Waals surface area contributed by atoms with Gasteiger partial charge in [-0.15, -0.1) is 0 Å². The molecule has 2 N–H and O–H groups in total. The summed E-state index contributed by atoms with van der Waals surface area (Å²) in [6, 6.07) is 6.64. The molecule has 0 saturated heterocycles. The molecule has 0 aliphatic rings. The van der Waals surface area contributed by atoms with E-state index in [1.807, 2.05) is 13.0 Å². The number of hydrogen-bond acceptors (Lipinski definition) is 3. The third-order valence-corrected chi connectivity index (χ3v) is 2.88. The van der Waals surface area contributed by atoms with E-state index in [4.69, 9.17) is 9.47 Å². The highest BCUT2D eigenvalue weighted by molar-refractivity contribution is 5.79. The van der Waals surface area contributed by atoms with E-state index in [2.05, 4.69) is 15.6 Å². The van der Waals surface area contributed by atoms with Crippen LogP contribution in [0.5, 0.6) is 0 Å². The Balaban J connectivity index is 2.27. The van der Waals surface area contributed by atoms with Crippen molar-refractivity contribution < 1.29 is 13.9 Å². The number of nitrogens with one attached hydrogen (secondary N) is 2. The highest BCUT2D eigenvalue weighted by Gasteiger charge is 1.99. The van der Waals surface area contributed by atoms with Crippen LogP contribution in [0.3, 0.4) is 0 Å². The zero-order valence-corrected chi connectivity index (χ0v) is 13.4. The minimum atomic E-state index is -0.203. The Morgan fingerprint density at radius 1 is 1.23 bits per heavy atom. The van der Waals surface area contributed by atoms with Gasteiger partial charge in [0.1, 0.15) is 5.82 Å². The highest BCUT2D eigenvalue weighted by Crippen LogP contribution is 2.03. The summed E-state index contributed by atoms with van der Waals surface area (Å²) in [7, 11) is 1.65. The molecule has 0 amide bonds. The monoisotopic (exact) mass is 311 g/mol. The molecule has 0 fully saturated rings. The third kappa shape index (κ3) is 8.59. The van der Waals surface area contributed by atoms with Gasteiger partial charge in [0, 0.05) is 20.2 Å². The second kappa shape index (κ2) is 11.9. The molecule has 0 saturated carbocycles. The van der Waals surface area contributed by atoms with Crippen molar-refractivity contribution in [3.05, 3.63) is 35.6 Å². The van der Waals surface area contributed by atoms with Gasteiger partial charge in [-0.2, -0.15) is 0 Å². The summed E-state index contributed by atoms with van der Waals surface area (Å²) in [6.07, 6.45) is 0.743. The van der Waals surface area contributed by atoms with E-state index in [1.54, 1.807) is 19.2 Å². The van der Waals surface area contributed by atoms with Gasteiger partial charge in [0.25, 0.3) is 0 Å². The Morgan fingerprint density at radius 2 is 2.09 bits per heavy atom. The van der Waals surface area contributed by atoms with Crippen LogP contribution in [0.25, 0.3) is 0 Å². The molecule has 0 aliphatic heterocycles. The molecular weight excluding hydrogens is 285 g/mol. The fourth-order valence-electron chi connectivity index (χ4n) is 1.83. The molecule has 0 heterocycles. The average molecular weight is 311 g/mol. The normalized spacial score (nSPS) is 11.5. The zero-order valence-electron chi connectivity index (χ0n) is 13.4. The average Bonchev–Trinajstić information content (AvgIpc) is 2.51. The Labute approximate surface area is 131 Å². The second-order valence-electron chi connectivity index (χ2n) is 4.67. The van der Waals surface area contributed by atoms with Gasteiger partial charge in [-0.3, -0.25) is 4.99 Å². The molecule has 0 aliphatic carbocycles. The number of guanidine groups is 1. The first-order valence-corrected chi connectivity index (χ1v) is 7.59. The minimum absolute atomic E-state index is 0.203. The van der Waals surface area contributed by atoms with Crippen LogP contribution < -0.4 is 10.6 Å². The van der Waals surface area contributed by atoms with Crippen molar-refractivity contribution in [1.29, 1.82) is 0 Å². The van der Waals surface area contributed by atoms with Gasteiger partial charge < -0.3 is 20.1 Å². The zero-order chi connectivity index (χ0) is 16.0. The molecule has 22 heavy (non-hydrogen) atoms. The van der Waals surface area contributed by atoms with Crippen LogP contribution in [0.15, 0.2) is 29.3 Å². The van der Waals surface area contributed by atoms with Crippen molar-refractivity contribution in [2.24, 2.45) is 4.99 Å². The molecule has 124 valence electrons. The predicted molar refractivity (Wildman–Crippen MR) is 86.8 cm³/mol. The number of benzene rings is 1. The first kappa shape index (κ1) is 18.4. The summed E-state index contributed by atoms with van der Waals surface area (Å²) in [5.41, 5.74) is 0.964. The molecule has 0 unspecified atom stereocenters. The van der Waals surface area contributed by atoms with Gasteiger partial charge in [-0.05, 0) is 31.0 Å². The molecule has 5 nitrogen and oxygen atoms in total. The smallest absolute Gasteiger partial charge is 0.191 e. The quantitative estimate of drug-likeness (QED) is 0.391. The van der Waals surface area contributed by atoms with Crippen LogP contribution in [-0.2, 0) is 15.9 Å². The molecular formula is C16H26FN3O2. The fraction of sp³-hybridized carbons (Fsp3) is 0.562. The molecule has 0 radical (unpaired) electrons. The van der Waals surface area contributed by atoms with E-state index in [9.17, 15) is 4.39 Å². The lowest BCUT2D eigenvalue weighted by Crippen LogP contribution is -2.38. The van der Waals surface area contributed by atoms with E-state index < -0.39 is 0 Å². The largest absolute Gasteiger partial charge is 0.382 e. The highest BCUT2D eigenvalue weighted by atomic mass is 19.1. The minimum Gasteiger partial charge on any atom is -0.382 e. The number of nitrogens with zero attached hydrogens (tertiary/aromatic N) is 1. The lowest BCUT2D eigenvalue weighted by atomic mass is 10.1. The Kier molecular flexibility index (Phi) is 9.98. The predicted octanol–water partition coefficient (Wildman–Crippen LogP) is 1.59. The van der Waals surface area contributed by atoms with Gasteiger partial charge in [0.2, 0.25) is 0 Å². The first-order chi connectivity index (χ1) is 10.8. The van der Waals surface area contributed by atoms with E-state index in [-0.39, 0.29) is 5.82 Å². The molecule has 6 heteroatoms. The number of methoxy groups -OCH3 is 1. The van der Waals surface area contributed by atoms with Crippen LogP contribution in [0.1, 0.15) is 12.5 Å². The number of halogens is 1. The van der Waals surface area contributed by atoms with Crippen LogP contribution in [-0.4, -0.2) is 52.5 Å². The molecule has 0 bridgehead atoms. The lowest BCUT2D eigenvalue weighted by molar-refractivity contribution is 0.0748. The summed E-state index contributed by atoms with van der Waals surface area (Å²) in [6.45, 7) is 5.81. The molecule has 1 aromatic carbocycles.